The molecule has 0 aliphatic heterocycles. The molecule has 5 heteroatoms. The van der Waals surface area contributed by atoms with Crippen molar-refractivity contribution in [2.75, 3.05) is 5.32 Å². The van der Waals surface area contributed by atoms with Crippen molar-refractivity contribution < 1.29 is 0 Å². The van der Waals surface area contributed by atoms with Crippen molar-refractivity contribution in [3.05, 3.63) is 29.3 Å². The highest BCUT2D eigenvalue weighted by Crippen LogP contribution is 2.18. The Kier molecular flexibility index (Phi) is 2.14. The minimum absolute atomic E-state index is 0.483. The Bertz CT molecular complexity index is 421. The summed E-state index contributed by atoms with van der Waals surface area (Å²) in [7, 11) is 0. The van der Waals surface area contributed by atoms with E-state index in [4.69, 9.17) is 0 Å². The molecule has 0 fully saturated rings. The predicted octanol–water partition coefficient (Wildman–Crippen LogP) is 1.56. The Balaban J connectivity index is 2.25. The molecule has 0 saturated carbocycles. The van der Waals surface area contributed by atoms with Crippen molar-refractivity contribution in [1.29, 1.82) is 0 Å². The zero-order valence-electron chi connectivity index (χ0n) is 8.07. The van der Waals surface area contributed by atoms with Crippen LogP contribution in [0.4, 0.5) is 11.6 Å². The number of nitrogens with zero attached hydrogens (tertiary/aromatic N) is 3. The largest absolute Gasteiger partial charge is 0.321 e. The number of hydrogen-bond donors (Lipinski definition) is 2. The molecule has 0 unspecified atom stereocenters. The van der Waals surface area contributed by atoms with E-state index in [-0.39, 0.29) is 0 Å². The van der Waals surface area contributed by atoms with Gasteiger partial charge in [-0.2, -0.15) is 5.21 Å². The molecule has 5 nitrogen and oxygen atoms in total. The number of tetrazole rings is 1. The van der Waals surface area contributed by atoms with Crippen molar-refractivity contribution in [2.24, 2.45) is 0 Å². The lowest BCUT2D eigenvalue weighted by Crippen LogP contribution is -1.95. The van der Waals surface area contributed by atoms with E-state index in [0.29, 0.717) is 5.95 Å². The monoisotopic (exact) mass is 189 g/mol. The Labute approximate surface area is 81.5 Å². The highest BCUT2D eigenvalue weighted by atomic mass is 15.5. The van der Waals surface area contributed by atoms with Gasteiger partial charge in [0.1, 0.15) is 0 Å². The number of aromatic nitrogens is 4. The number of hydrogen-bond acceptors (Lipinski definition) is 4. The molecule has 0 aliphatic rings. The van der Waals surface area contributed by atoms with Crippen LogP contribution in [0.25, 0.3) is 0 Å². The number of benzene rings is 1. The maximum Gasteiger partial charge on any atom is 0.267 e. The van der Waals surface area contributed by atoms with Crippen LogP contribution in [0.15, 0.2) is 18.2 Å². The van der Waals surface area contributed by atoms with E-state index >= 15 is 0 Å². The van der Waals surface area contributed by atoms with Crippen molar-refractivity contribution in [3.8, 4) is 0 Å². The van der Waals surface area contributed by atoms with Crippen LogP contribution >= 0.6 is 0 Å². The van der Waals surface area contributed by atoms with E-state index in [1.165, 1.54) is 5.56 Å². The molecule has 72 valence electrons. The number of H-pyrrole nitrogens is 1. The summed E-state index contributed by atoms with van der Waals surface area (Å²) in [5.41, 5.74) is 3.40. The van der Waals surface area contributed by atoms with Gasteiger partial charge in [0.2, 0.25) is 0 Å². The summed E-state index contributed by atoms with van der Waals surface area (Å²) in [5, 5.41) is 16.6. The average molecular weight is 189 g/mol. The van der Waals surface area contributed by atoms with Gasteiger partial charge in [-0.15, -0.1) is 5.10 Å². The fraction of sp³-hybridized carbons (Fsp3) is 0.222. The SMILES string of the molecule is Cc1ccc(Nc2nn[nH]n2)c(C)c1. The normalized spacial score (nSPS) is 10.1. The molecule has 0 saturated heterocycles. The average Bonchev–Trinajstić information content (AvgIpc) is 2.62. The Morgan fingerprint density at radius 2 is 2.14 bits per heavy atom. The fourth-order valence-corrected chi connectivity index (χ4v) is 1.29. The molecular weight excluding hydrogens is 178 g/mol. The van der Waals surface area contributed by atoms with Crippen LogP contribution in [0.2, 0.25) is 0 Å². The molecule has 0 aliphatic carbocycles. The van der Waals surface area contributed by atoms with Gasteiger partial charge in [0.25, 0.3) is 5.95 Å². The van der Waals surface area contributed by atoms with E-state index in [1.54, 1.807) is 0 Å². The van der Waals surface area contributed by atoms with Crippen LogP contribution in [-0.4, -0.2) is 20.6 Å². The number of aryl methyl sites for hydroxylation is 2. The summed E-state index contributed by atoms with van der Waals surface area (Å²) in [4.78, 5) is 0. The summed E-state index contributed by atoms with van der Waals surface area (Å²) in [6, 6.07) is 6.14. The van der Waals surface area contributed by atoms with Crippen molar-refractivity contribution in [3.63, 3.8) is 0 Å². The zero-order chi connectivity index (χ0) is 9.97. The summed E-state index contributed by atoms with van der Waals surface area (Å²) in [6.45, 7) is 4.10. The van der Waals surface area contributed by atoms with E-state index in [1.807, 2.05) is 19.1 Å². The molecule has 1 heterocycles. The second-order valence-corrected chi connectivity index (χ2v) is 3.18. The Morgan fingerprint density at radius 3 is 2.79 bits per heavy atom. The quantitative estimate of drug-likeness (QED) is 0.752. The molecule has 1 aromatic heterocycles. The molecule has 1 aromatic carbocycles. The first kappa shape index (κ1) is 8.68. The van der Waals surface area contributed by atoms with Crippen LogP contribution in [0, 0.1) is 13.8 Å². The number of nitrogens with one attached hydrogen (secondary N) is 2. The number of anilines is 2. The van der Waals surface area contributed by atoms with Crippen molar-refractivity contribution in [1.82, 2.24) is 20.6 Å². The highest BCUT2D eigenvalue weighted by molar-refractivity contribution is 5.58. The summed E-state index contributed by atoms with van der Waals surface area (Å²) in [5.74, 6) is 0.483. The van der Waals surface area contributed by atoms with Crippen LogP contribution in [0.3, 0.4) is 0 Å². The third kappa shape index (κ3) is 1.71. The molecular formula is C9H11N5. The van der Waals surface area contributed by atoms with E-state index in [2.05, 4.69) is 38.9 Å². The first-order valence-corrected chi connectivity index (χ1v) is 4.33. The van der Waals surface area contributed by atoms with Crippen LogP contribution in [-0.2, 0) is 0 Å². The molecule has 0 bridgehead atoms. The molecule has 14 heavy (non-hydrogen) atoms. The Morgan fingerprint density at radius 1 is 1.29 bits per heavy atom. The molecule has 2 rings (SSSR count). The van der Waals surface area contributed by atoms with Gasteiger partial charge < -0.3 is 5.32 Å². The minimum atomic E-state index is 0.483. The molecule has 2 aromatic rings. The molecule has 0 amide bonds. The third-order valence-electron chi connectivity index (χ3n) is 1.97. The third-order valence-corrected chi connectivity index (χ3v) is 1.97. The lowest BCUT2D eigenvalue weighted by molar-refractivity contribution is 0.881. The smallest absolute Gasteiger partial charge is 0.267 e. The molecule has 2 N–H and O–H groups in total. The van der Waals surface area contributed by atoms with Gasteiger partial charge in [-0.1, -0.05) is 22.8 Å². The minimum Gasteiger partial charge on any atom is -0.321 e. The predicted molar refractivity (Wildman–Crippen MR) is 53.4 cm³/mol. The van der Waals surface area contributed by atoms with Crippen molar-refractivity contribution >= 4 is 11.6 Å². The topological polar surface area (TPSA) is 66.5 Å². The van der Waals surface area contributed by atoms with Gasteiger partial charge in [-0.25, -0.2) is 0 Å². The lowest BCUT2D eigenvalue weighted by atomic mass is 10.1. The molecule has 0 atom stereocenters. The molecule has 0 spiro atoms. The van der Waals surface area contributed by atoms with Gasteiger partial charge in [-0.3, -0.25) is 0 Å². The maximum absolute atomic E-state index is 3.82. The van der Waals surface area contributed by atoms with Crippen LogP contribution < -0.4 is 5.32 Å². The standard InChI is InChI=1S/C9H11N5/c1-6-3-4-8(7(2)5-6)10-9-11-13-14-12-9/h3-5H,1-2H3,(H2,10,11,12,13,14). The maximum atomic E-state index is 3.82. The summed E-state index contributed by atoms with van der Waals surface area (Å²) in [6.07, 6.45) is 0. The number of aromatic amines is 1. The highest BCUT2D eigenvalue weighted by Gasteiger charge is 2.01. The summed E-state index contributed by atoms with van der Waals surface area (Å²) < 4.78 is 0. The van der Waals surface area contributed by atoms with Gasteiger partial charge in [0, 0.05) is 5.69 Å². The van der Waals surface area contributed by atoms with Gasteiger partial charge in [0.15, 0.2) is 0 Å². The van der Waals surface area contributed by atoms with E-state index in [0.717, 1.165) is 11.3 Å². The Hall–Kier alpha value is -1.91. The molecule has 0 radical (unpaired) electrons. The lowest BCUT2D eigenvalue weighted by Gasteiger charge is -2.05. The van der Waals surface area contributed by atoms with Crippen molar-refractivity contribution in [2.45, 2.75) is 13.8 Å². The van der Waals surface area contributed by atoms with Gasteiger partial charge in [0.05, 0.1) is 0 Å². The van der Waals surface area contributed by atoms with Crippen LogP contribution in [0.5, 0.6) is 0 Å². The van der Waals surface area contributed by atoms with Crippen LogP contribution in [0.1, 0.15) is 11.1 Å². The summed E-state index contributed by atoms with van der Waals surface area (Å²) >= 11 is 0. The second-order valence-electron chi connectivity index (χ2n) is 3.18. The van der Waals surface area contributed by atoms with E-state index in [9.17, 15) is 0 Å². The number of rotatable bonds is 2. The van der Waals surface area contributed by atoms with Gasteiger partial charge >= 0.3 is 0 Å². The fourth-order valence-electron chi connectivity index (χ4n) is 1.29. The van der Waals surface area contributed by atoms with Gasteiger partial charge in [-0.05, 0) is 30.7 Å². The first-order chi connectivity index (χ1) is 6.75. The van der Waals surface area contributed by atoms with E-state index < -0.39 is 0 Å². The second kappa shape index (κ2) is 3.45. The zero-order valence-corrected chi connectivity index (χ0v) is 8.07. The first-order valence-electron chi connectivity index (χ1n) is 4.33.